The van der Waals surface area contributed by atoms with Crippen LogP contribution in [0.25, 0.3) is 11.1 Å². The standard InChI is InChI=1S/C24H25F3N2O4S/c1-2-34(31,32)28-23-19-10-20(19)29(24(30)15-11-33-12-15)21(23)8-13-4-3-5-18(22(13)27)14-6-16(25)9-17(26)7-14/h3-7,9,15,19-21,23,28H,2,8,10-12H2,1H3/t19-,20+,21+,23+/m0/s1. The molecule has 0 bridgehead atoms. The Labute approximate surface area is 196 Å². The largest absolute Gasteiger partial charge is 0.380 e. The van der Waals surface area contributed by atoms with Gasteiger partial charge in [-0.25, -0.2) is 26.3 Å². The lowest BCUT2D eigenvalue weighted by atomic mass is 9.94. The molecule has 4 atom stereocenters. The first-order valence-corrected chi connectivity index (χ1v) is 13.0. The lowest BCUT2D eigenvalue weighted by Crippen LogP contribution is -2.54. The molecule has 1 N–H and O–H groups in total. The molecule has 0 unspecified atom stereocenters. The van der Waals surface area contributed by atoms with Crippen LogP contribution < -0.4 is 4.72 Å². The van der Waals surface area contributed by atoms with E-state index in [-0.39, 0.29) is 52.6 Å². The zero-order valence-electron chi connectivity index (χ0n) is 18.5. The Morgan fingerprint density at radius 3 is 2.47 bits per heavy atom. The number of ether oxygens (including phenoxy) is 1. The molecule has 1 saturated carbocycles. The summed E-state index contributed by atoms with van der Waals surface area (Å²) in [6.45, 7) is 2.17. The second-order valence-electron chi connectivity index (χ2n) is 9.20. The number of likely N-dealkylation sites (tertiary alicyclic amines) is 1. The van der Waals surface area contributed by atoms with Crippen molar-refractivity contribution in [2.24, 2.45) is 11.8 Å². The fourth-order valence-corrected chi connectivity index (χ4v) is 6.02. The zero-order chi connectivity index (χ0) is 24.2. The van der Waals surface area contributed by atoms with Crippen molar-refractivity contribution in [1.29, 1.82) is 0 Å². The highest BCUT2D eigenvalue weighted by Gasteiger charge is 2.61. The lowest BCUT2D eigenvalue weighted by Gasteiger charge is -2.37. The topological polar surface area (TPSA) is 75.7 Å². The van der Waals surface area contributed by atoms with Gasteiger partial charge >= 0.3 is 0 Å². The number of benzene rings is 2. The number of amides is 1. The van der Waals surface area contributed by atoms with E-state index in [0.717, 1.165) is 12.1 Å². The molecule has 0 aromatic heterocycles. The maximum absolute atomic E-state index is 15.6. The predicted molar refractivity (Wildman–Crippen MR) is 119 cm³/mol. The van der Waals surface area contributed by atoms with Gasteiger partial charge in [-0.1, -0.05) is 18.2 Å². The Bertz CT molecular complexity index is 1210. The maximum Gasteiger partial charge on any atom is 0.230 e. The van der Waals surface area contributed by atoms with Crippen LogP contribution in [-0.2, 0) is 26.0 Å². The molecule has 2 heterocycles. The van der Waals surface area contributed by atoms with Crippen molar-refractivity contribution in [3.8, 4) is 11.1 Å². The second-order valence-corrected chi connectivity index (χ2v) is 11.2. The van der Waals surface area contributed by atoms with E-state index in [1.807, 2.05) is 0 Å². The van der Waals surface area contributed by atoms with Crippen LogP contribution in [0.15, 0.2) is 36.4 Å². The molecule has 0 spiro atoms. The lowest BCUT2D eigenvalue weighted by molar-refractivity contribution is -0.152. The molecule has 182 valence electrons. The molecule has 3 aliphatic rings. The summed E-state index contributed by atoms with van der Waals surface area (Å²) in [6, 6.07) is 6.20. The SMILES string of the molecule is CCS(=O)(=O)N[C@@H]1[C@H]2C[C@H]2N(C(=O)C2COC2)[C@@H]1Cc1cccc(-c2cc(F)cc(F)c2)c1F. The Morgan fingerprint density at radius 2 is 1.85 bits per heavy atom. The average molecular weight is 495 g/mol. The van der Waals surface area contributed by atoms with Gasteiger partial charge < -0.3 is 9.64 Å². The normalized spacial score (nSPS) is 26.3. The second kappa shape index (κ2) is 8.66. The quantitative estimate of drug-likeness (QED) is 0.643. The smallest absolute Gasteiger partial charge is 0.230 e. The molecule has 3 fully saturated rings. The molecule has 6 nitrogen and oxygen atoms in total. The van der Waals surface area contributed by atoms with Crippen LogP contribution >= 0.6 is 0 Å². The summed E-state index contributed by atoms with van der Waals surface area (Å²) < 4.78 is 75.7. The Morgan fingerprint density at radius 1 is 1.15 bits per heavy atom. The molecule has 10 heteroatoms. The van der Waals surface area contributed by atoms with Crippen LogP contribution in [0.4, 0.5) is 13.2 Å². The molecule has 2 saturated heterocycles. The fraction of sp³-hybridized carbons (Fsp3) is 0.458. The minimum atomic E-state index is -3.56. The van der Waals surface area contributed by atoms with Gasteiger partial charge in [-0.15, -0.1) is 0 Å². The van der Waals surface area contributed by atoms with Crippen molar-refractivity contribution in [3.05, 3.63) is 59.4 Å². The van der Waals surface area contributed by atoms with Crippen LogP contribution in [0.2, 0.25) is 0 Å². The number of fused-ring (bicyclic) bond motifs is 1. The van der Waals surface area contributed by atoms with Gasteiger partial charge in [-0.2, -0.15) is 0 Å². The molecule has 0 radical (unpaired) electrons. The number of halogens is 3. The van der Waals surface area contributed by atoms with Crippen molar-refractivity contribution in [1.82, 2.24) is 9.62 Å². The summed E-state index contributed by atoms with van der Waals surface area (Å²) in [5.74, 6) is -2.80. The van der Waals surface area contributed by atoms with Crippen LogP contribution in [0.5, 0.6) is 0 Å². The summed E-state index contributed by atoms with van der Waals surface area (Å²) in [6.07, 6.45) is 0.762. The molecular formula is C24H25F3N2O4S. The summed E-state index contributed by atoms with van der Waals surface area (Å²) in [5, 5.41) is 0. The van der Waals surface area contributed by atoms with Crippen molar-refractivity contribution in [2.75, 3.05) is 19.0 Å². The van der Waals surface area contributed by atoms with E-state index in [4.69, 9.17) is 4.74 Å². The summed E-state index contributed by atoms with van der Waals surface area (Å²) in [5.41, 5.74) is 0.348. The number of sulfonamides is 1. The first kappa shape index (κ1) is 23.3. The van der Waals surface area contributed by atoms with Crippen molar-refractivity contribution in [2.45, 2.75) is 37.9 Å². The van der Waals surface area contributed by atoms with Crippen LogP contribution in [0.3, 0.4) is 0 Å². The number of nitrogens with one attached hydrogen (secondary N) is 1. The number of piperidine rings is 1. The van der Waals surface area contributed by atoms with E-state index in [1.165, 1.54) is 13.0 Å². The molecular weight excluding hydrogens is 469 g/mol. The van der Waals surface area contributed by atoms with Crippen LogP contribution in [-0.4, -0.2) is 56.3 Å². The number of nitrogens with zero attached hydrogens (tertiary/aromatic N) is 1. The van der Waals surface area contributed by atoms with Gasteiger partial charge in [0.2, 0.25) is 15.9 Å². The van der Waals surface area contributed by atoms with Gasteiger partial charge in [-0.3, -0.25) is 4.79 Å². The zero-order valence-corrected chi connectivity index (χ0v) is 19.3. The Kier molecular flexibility index (Phi) is 5.94. The minimum Gasteiger partial charge on any atom is -0.380 e. The van der Waals surface area contributed by atoms with Crippen molar-refractivity contribution < 1.29 is 31.1 Å². The number of carbonyl (C=O) groups excluding carboxylic acids is 1. The van der Waals surface area contributed by atoms with Crippen LogP contribution in [0, 0.1) is 29.3 Å². The predicted octanol–water partition coefficient (Wildman–Crippen LogP) is 2.87. The van der Waals surface area contributed by atoms with E-state index >= 15 is 4.39 Å². The van der Waals surface area contributed by atoms with Gasteiger partial charge in [0.25, 0.3) is 0 Å². The van der Waals surface area contributed by atoms with Gasteiger partial charge in [-0.05, 0) is 48.9 Å². The molecule has 2 aliphatic heterocycles. The molecule has 2 aromatic rings. The van der Waals surface area contributed by atoms with Gasteiger partial charge in [0.1, 0.15) is 17.5 Å². The van der Waals surface area contributed by atoms with Gasteiger partial charge in [0, 0.05) is 23.7 Å². The van der Waals surface area contributed by atoms with Gasteiger partial charge in [0.15, 0.2) is 0 Å². The molecule has 1 amide bonds. The van der Waals surface area contributed by atoms with Gasteiger partial charge in [0.05, 0.1) is 30.9 Å². The van der Waals surface area contributed by atoms with E-state index in [9.17, 15) is 22.0 Å². The van der Waals surface area contributed by atoms with E-state index in [0.29, 0.717) is 25.7 Å². The number of hydrogen-bond donors (Lipinski definition) is 1. The number of rotatable bonds is 7. The fourth-order valence-electron chi connectivity index (χ4n) is 5.10. The third kappa shape index (κ3) is 4.23. The molecule has 34 heavy (non-hydrogen) atoms. The van der Waals surface area contributed by atoms with E-state index in [1.54, 1.807) is 17.0 Å². The molecule has 5 rings (SSSR count). The first-order valence-electron chi connectivity index (χ1n) is 11.3. The van der Waals surface area contributed by atoms with Crippen molar-refractivity contribution in [3.63, 3.8) is 0 Å². The maximum atomic E-state index is 15.6. The van der Waals surface area contributed by atoms with E-state index in [2.05, 4.69) is 4.72 Å². The Balaban J connectivity index is 1.49. The highest BCUT2D eigenvalue weighted by Crippen LogP contribution is 2.50. The highest BCUT2D eigenvalue weighted by atomic mass is 32.2. The monoisotopic (exact) mass is 494 g/mol. The Hall–Kier alpha value is -2.43. The number of hydrogen-bond acceptors (Lipinski definition) is 4. The highest BCUT2D eigenvalue weighted by molar-refractivity contribution is 7.89. The summed E-state index contributed by atoms with van der Waals surface area (Å²) in [4.78, 5) is 14.9. The third-order valence-corrected chi connectivity index (χ3v) is 8.41. The average Bonchev–Trinajstić information content (AvgIpc) is 3.45. The minimum absolute atomic E-state index is 0.0279. The third-order valence-electron chi connectivity index (χ3n) is 7.01. The van der Waals surface area contributed by atoms with E-state index < -0.39 is 39.6 Å². The summed E-state index contributed by atoms with van der Waals surface area (Å²) in [7, 11) is -3.56. The summed E-state index contributed by atoms with van der Waals surface area (Å²) >= 11 is 0. The molecule has 1 aliphatic carbocycles. The number of carbonyl (C=O) groups is 1. The first-order chi connectivity index (χ1) is 16.2. The van der Waals surface area contributed by atoms with Crippen LogP contribution in [0.1, 0.15) is 18.9 Å². The van der Waals surface area contributed by atoms with Crippen molar-refractivity contribution >= 4 is 15.9 Å². The molecule has 2 aromatic carbocycles.